The Morgan fingerprint density at radius 3 is 2.45 bits per heavy atom. The summed E-state index contributed by atoms with van der Waals surface area (Å²) in [7, 11) is 1.39. The number of rotatable bonds is 5. The number of anilines is 1. The molecule has 7 nitrogen and oxygen atoms in total. The number of methoxy groups -OCH3 is 1. The van der Waals surface area contributed by atoms with Crippen LogP contribution in [0.5, 0.6) is 0 Å². The number of aryl methyl sites for hydroxylation is 1. The Balaban J connectivity index is 1.42. The molecule has 1 fully saturated rings. The third-order valence-corrected chi connectivity index (χ3v) is 5.93. The average molecular weight is 421 g/mol. The Morgan fingerprint density at radius 2 is 1.81 bits per heavy atom. The van der Waals surface area contributed by atoms with Crippen molar-refractivity contribution in [2.75, 3.05) is 31.6 Å². The van der Waals surface area contributed by atoms with Gasteiger partial charge in [0.2, 0.25) is 11.8 Å². The first-order valence-electron chi connectivity index (χ1n) is 10.6. The van der Waals surface area contributed by atoms with E-state index in [2.05, 4.69) is 40.8 Å². The molecule has 0 amide bonds. The van der Waals surface area contributed by atoms with Gasteiger partial charge in [0.05, 0.1) is 18.7 Å². The van der Waals surface area contributed by atoms with E-state index in [1.807, 2.05) is 48.5 Å². The van der Waals surface area contributed by atoms with E-state index in [-0.39, 0.29) is 12.0 Å². The first-order chi connectivity index (χ1) is 15.0. The predicted molar refractivity (Wildman–Crippen MR) is 119 cm³/mol. The number of nitrogens with zero attached hydrogens (tertiary/aromatic N) is 4. The summed E-state index contributed by atoms with van der Waals surface area (Å²) in [6.07, 6.45) is 0. The minimum absolute atomic E-state index is 0.0329. The van der Waals surface area contributed by atoms with Crippen LogP contribution in [0.4, 0.5) is 5.69 Å². The molecule has 1 aromatic heterocycles. The molecule has 2 unspecified atom stereocenters. The van der Waals surface area contributed by atoms with Crippen molar-refractivity contribution in [3.8, 4) is 11.5 Å². The Morgan fingerprint density at radius 1 is 1.10 bits per heavy atom. The average Bonchev–Trinajstić information content (AvgIpc) is 3.29. The van der Waals surface area contributed by atoms with Gasteiger partial charge in [-0.05, 0) is 57.2 Å². The predicted octanol–water partition coefficient (Wildman–Crippen LogP) is 4.10. The van der Waals surface area contributed by atoms with E-state index in [1.54, 1.807) is 0 Å². The van der Waals surface area contributed by atoms with Gasteiger partial charge in [-0.2, -0.15) is 0 Å². The van der Waals surface area contributed by atoms with E-state index in [4.69, 9.17) is 9.15 Å². The fourth-order valence-corrected chi connectivity index (χ4v) is 4.07. The molecular weight excluding hydrogens is 392 g/mol. The molecule has 31 heavy (non-hydrogen) atoms. The van der Waals surface area contributed by atoms with Crippen LogP contribution in [-0.4, -0.2) is 53.9 Å². The minimum atomic E-state index is -0.317. The summed E-state index contributed by atoms with van der Waals surface area (Å²) in [6, 6.07) is 16.0. The maximum absolute atomic E-state index is 11.7. The highest BCUT2D eigenvalue weighted by Gasteiger charge is 2.31. The van der Waals surface area contributed by atoms with Gasteiger partial charge in [0, 0.05) is 36.9 Å². The highest BCUT2D eigenvalue weighted by atomic mass is 16.5. The maximum atomic E-state index is 11.7. The molecular formula is C24H28N4O3. The van der Waals surface area contributed by atoms with Crippen LogP contribution in [0.1, 0.15) is 41.7 Å². The minimum Gasteiger partial charge on any atom is -0.465 e. The molecule has 1 aliphatic heterocycles. The molecule has 3 aromatic rings. The van der Waals surface area contributed by atoms with Crippen molar-refractivity contribution >= 4 is 11.7 Å². The number of carbonyl (C=O) groups is 1. The fourth-order valence-electron chi connectivity index (χ4n) is 4.07. The molecule has 0 spiro atoms. The van der Waals surface area contributed by atoms with Crippen molar-refractivity contribution in [1.29, 1.82) is 0 Å². The van der Waals surface area contributed by atoms with Crippen LogP contribution in [0, 0.1) is 6.92 Å². The molecule has 0 saturated carbocycles. The second-order valence-electron chi connectivity index (χ2n) is 8.06. The van der Waals surface area contributed by atoms with Crippen molar-refractivity contribution in [2.45, 2.75) is 32.9 Å². The zero-order valence-corrected chi connectivity index (χ0v) is 18.4. The van der Waals surface area contributed by atoms with Crippen molar-refractivity contribution in [1.82, 2.24) is 15.1 Å². The second kappa shape index (κ2) is 8.89. The third-order valence-electron chi connectivity index (χ3n) is 5.93. The molecule has 2 heterocycles. The lowest BCUT2D eigenvalue weighted by Crippen LogP contribution is -2.52. The number of benzene rings is 2. The van der Waals surface area contributed by atoms with Gasteiger partial charge in [0.25, 0.3) is 0 Å². The van der Waals surface area contributed by atoms with Gasteiger partial charge < -0.3 is 14.1 Å². The maximum Gasteiger partial charge on any atom is 0.337 e. The molecule has 0 bridgehead atoms. The second-order valence-corrected chi connectivity index (χ2v) is 8.06. The quantitative estimate of drug-likeness (QED) is 0.575. The van der Waals surface area contributed by atoms with Crippen molar-refractivity contribution < 1.29 is 13.9 Å². The normalized spacial score (nSPS) is 18.1. The molecule has 4 rings (SSSR count). The fraction of sp³-hybridized carbons (Fsp3) is 0.375. The number of piperazine rings is 1. The highest BCUT2D eigenvalue weighted by Crippen LogP contribution is 2.28. The molecule has 2 aromatic carbocycles. The topological polar surface area (TPSA) is 71.7 Å². The number of esters is 1. The number of ether oxygens (including phenoxy) is 1. The van der Waals surface area contributed by atoms with E-state index in [9.17, 15) is 4.79 Å². The molecule has 0 N–H and O–H groups in total. The Bertz CT molecular complexity index is 1030. The smallest absolute Gasteiger partial charge is 0.337 e. The zero-order chi connectivity index (χ0) is 22.0. The Labute approximate surface area is 182 Å². The van der Waals surface area contributed by atoms with Crippen LogP contribution >= 0.6 is 0 Å². The van der Waals surface area contributed by atoms with Gasteiger partial charge in [0.1, 0.15) is 0 Å². The summed E-state index contributed by atoms with van der Waals surface area (Å²) in [5.41, 5.74) is 3.80. The van der Waals surface area contributed by atoms with Gasteiger partial charge in [-0.3, -0.25) is 4.90 Å². The van der Waals surface area contributed by atoms with Crippen LogP contribution < -0.4 is 4.90 Å². The van der Waals surface area contributed by atoms with Gasteiger partial charge in [-0.25, -0.2) is 4.79 Å². The number of aromatic nitrogens is 2. The molecule has 7 heteroatoms. The van der Waals surface area contributed by atoms with Crippen LogP contribution in [0.25, 0.3) is 11.5 Å². The van der Waals surface area contributed by atoms with Gasteiger partial charge in [-0.15, -0.1) is 10.2 Å². The van der Waals surface area contributed by atoms with E-state index < -0.39 is 0 Å². The number of carbonyl (C=O) groups excluding carboxylic acids is 1. The third kappa shape index (κ3) is 4.46. The SMILES string of the molecule is COC(=O)c1ccc(N2CCN(C(C)c3nnc(-c4ccc(C)cc4)o3)C(C)C2)cc1. The zero-order valence-electron chi connectivity index (χ0n) is 18.4. The van der Waals surface area contributed by atoms with Gasteiger partial charge in [-0.1, -0.05) is 17.7 Å². The van der Waals surface area contributed by atoms with E-state index >= 15 is 0 Å². The van der Waals surface area contributed by atoms with Crippen molar-refractivity contribution in [3.63, 3.8) is 0 Å². The van der Waals surface area contributed by atoms with Crippen molar-refractivity contribution in [2.24, 2.45) is 0 Å². The van der Waals surface area contributed by atoms with Crippen LogP contribution in [0.3, 0.4) is 0 Å². The van der Waals surface area contributed by atoms with Crippen molar-refractivity contribution in [3.05, 3.63) is 65.5 Å². The first kappa shape index (κ1) is 21.1. The molecule has 1 saturated heterocycles. The first-order valence-corrected chi connectivity index (χ1v) is 10.6. The van der Waals surface area contributed by atoms with Gasteiger partial charge >= 0.3 is 5.97 Å². The summed E-state index contributed by atoms with van der Waals surface area (Å²) in [6.45, 7) is 9.02. The number of hydrogen-bond donors (Lipinski definition) is 0. The van der Waals surface area contributed by atoms with E-state index in [0.717, 1.165) is 30.9 Å². The van der Waals surface area contributed by atoms with Gasteiger partial charge in [0.15, 0.2) is 0 Å². The molecule has 0 radical (unpaired) electrons. The van der Waals surface area contributed by atoms with Crippen LogP contribution in [0.2, 0.25) is 0 Å². The standard InChI is InChI=1S/C24H28N4O3/c1-16-5-7-19(8-6-16)23-26-25-22(31-23)18(3)28-14-13-27(15-17(28)2)21-11-9-20(10-12-21)24(29)30-4/h5-12,17-18H,13-15H2,1-4H3. The summed E-state index contributed by atoms with van der Waals surface area (Å²) in [5.74, 6) is 0.875. The summed E-state index contributed by atoms with van der Waals surface area (Å²) in [5, 5.41) is 8.58. The van der Waals surface area contributed by atoms with E-state index in [0.29, 0.717) is 23.4 Å². The summed E-state index contributed by atoms with van der Waals surface area (Å²) in [4.78, 5) is 16.4. The van der Waals surface area contributed by atoms with Crippen LogP contribution in [-0.2, 0) is 4.74 Å². The largest absolute Gasteiger partial charge is 0.465 e. The monoisotopic (exact) mass is 420 g/mol. The molecule has 0 aliphatic carbocycles. The lowest BCUT2D eigenvalue weighted by molar-refractivity contribution is 0.0600. The molecule has 2 atom stereocenters. The van der Waals surface area contributed by atoms with E-state index in [1.165, 1.54) is 12.7 Å². The lowest BCUT2D eigenvalue weighted by atomic mass is 10.1. The Hall–Kier alpha value is -3.19. The highest BCUT2D eigenvalue weighted by molar-refractivity contribution is 5.89. The lowest BCUT2D eigenvalue weighted by Gasteiger charge is -2.42. The molecule has 162 valence electrons. The summed E-state index contributed by atoms with van der Waals surface area (Å²) < 4.78 is 10.8. The van der Waals surface area contributed by atoms with Crippen LogP contribution in [0.15, 0.2) is 52.9 Å². The molecule has 1 aliphatic rings. The number of hydrogen-bond acceptors (Lipinski definition) is 7. The Kier molecular flexibility index (Phi) is 6.04. The summed E-state index contributed by atoms with van der Waals surface area (Å²) >= 11 is 0.